The molecule has 2 rings (SSSR count). The molecule has 0 bridgehead atoms. The minimum atomic E-state index is -0.549. The third-order valence-electron chi connectivity index (χ3n) is 2.26. The number of H-pyrrole nitrogens is 1. The maximum absolute atomic E-state index is 11.9. The van der Waals surface area contributed by atoms with Gasteiger partial charge in [0.05, 0.1) is 18.5 Å². The maximum atomic E-state index is 11.9. The third kappa shape index (κ3) is 2.42. The van der Waals surface area contributed by atoms with E-state index >= 15 is 0 Å². The molecule has 0 spiro atoms. The first-order valence-corrected chi connectivity index (χ1v) is 5.52. The molecule has 6 heteroatoms. The summed E-state index contributed by atoms with van der Waals surface area (Å²) in [4.78, 5) is 26.0. The lowest BCUT2D eigenvalue weighted by Gasteiger charge is -2.09. The molecular weight excluding hydrogens is 234 g/mol. The molecule has 0 saturated heterocycles. The van der Waals surface area contributed by atoms with Gasteiger partial charge in [-0.1, -0.05) is 18.2 Å². The lowest BCUT2D eigenvalue weighted by molar-refractivity contribution is 0.330. The Hall–Kier alpha value is -2.50. The average Bonchev–Trinajstić information content (AvgIpc) is 2.39. The number of nitrogens with one attached hydrogen (secondary N) is 2. The largest absolute Gasteiger partial charge is 0.487 e. The Bertz CT molecular complexity index is 631. The van der Waals surface area contributed by atoms with Crippen molar-refractivity contribution in [1.29, 1.82) is 0 Å². The summed E-state index contributed by atoms with van der Waals surface area (Å²) in [6, 6.07) is 8.94. The van der Waals surface area contributed by atoms with Crippen LogP contribution in [0.1, 0.15) is 6.92 Å². The molecule has 0 radical (unpaired) electrons. The van der Waals surface area contributed by atoms with E-state index in [2.05, 4.69) is 10.4 Å². The topological polar surface area (TPSA) is 76.1 Å². The highest BCUT2D eigenvalue weighted by atomic mass is 16.5. The van der Waals surface area contributed by atoms with E-state index in [9.17, 15) is 9.59 Å². The Balaban J connectivity index is 2.41. The normalized spacial score (nSPS) is 10.1. The molecule has 0 aliphatic heterocycles. The van der Waals surface area contributed by atoms with Crippen LogP contribution in [-0.2, 0) is 0 Å². The monoisotopic (exact) mass is 247 g/mol. The first kappa shape index (κ1) is 12.0. The number of ether oxygens (including phenoxy) is 1. The highest BCUT2D eigenvalue weighted by molar-refractivity contribution is 5.42. The van der Waals surface area contributed by atoms with Gasteiger partial charge < -0.3 is 9.72 Å². The van der Waals surface area contributed by atoms with Gasteiger partial charge in [0, 0.05) is 0 Å². The predicted molar refractivity (Wildman–Crippen MR) is 68.0 cm³/mol. The van der Waals surface area contributed by atoms with Crippen LogP contribution in [0.5, 0.6) is 5.75 Å². The first-order valence-electron chi connectivity index (χ1n) is 5.52. The van der Waals surface area contributed by atoms with Gasteiger partial charge in [-0.2, -0.15) is 4.68 Å². The van der Waals surface area contributed by atoms with Crippen molar-refractivity contribution >= 4 is 5.69 Å². The van der Waals surface area contributed by atoms with E-state index < -0.39 is 11.2 Å². The van der Waals surface area contributed by atoms with Gasteiger partial charge in [0.2, 0.25) is 5.75 Å². The summed E-state index contributed by atoms with van der Waals surface area (Å²) in [6.45, 7) is 2.12. The summed E-state index contributed by atoms with van der Waals surface area (Å²) < 4.78 is 6.00. The third-order valence-corrected chi connectivity index (χ3v) is 2.26. The van der Waals surface area contributed by atoms with Crippen molar-refractivity contribution in [2.45, 2.75) is 6.92 Å². The molecule has 6 nitrogen and oxygen atoms in total. The Morgan fingerprint density at radius 2 is 2.00 bits per heavy atom. The van der Waals surface area contributed by atoms with Crippen LogP contribution in [0.25, 0.3) is 0 Å². The van der Waals surface area contributed by atoms with Crippen molar-refractivity contribution in [3.63, 3.8) is 0 Å². The number of benzene rings is 1. The molecule has 0 aliphatic rings. The van der Waals surface area contributed by atoms with Crippen LogP contribution in [0.15, 0.2) is 46.1 Å². The zero-order valence-corrected chi connectivity index (χ0v) is 9.84. The van der Waals surface area contributed by atoms with Crippen LogP contribution >= 0.6 is 0 Å². The quantitative estimate of drug-likeness (QED) is 0.838. The predicted octanol–water partition coefficient (Wildman–Crippen LogP) is 0.810. The van der Waals surface area contributed by atoms with Crippen molar-refractivity contribution in [3.05, 3.63) is 57.4 Å². The standard InChI is InChI=1S/C12H13N3O3/c1-2-18-10-8-13-12(17)15(11(10)16)14-9-6-4-3-5-7-9/h3-8,14H,2H2,1H3,(H,13,17). The van der Waals surface area contributed by atoms with Gasteiger partial charge in [0.15, 0.2) is 0 Å². The smallest absolute Gasteiger partial charge is 0.347 e. The van der Waals surface area contributed by atoms with Crippen LogP contribution in [0, 0.1) is 0 Å². The molecule has 1 aromatic carbocycles. The molecule has 2 N–H and O–H groups in total. The first-order chi connectivity index (χ1) is 8.72. The van der Waals surface area contributed by atoms with Crippen molar-refractivity contribution in [2.24, 2.45) is 0 Å². The zero-order chi connectivity index (χ0) is 13.0. The number of nitrogens with zero attached hydrogens (tertiary/aromatic N) is 1. The van der Waals surface area contributed by atoms with Crippen LogP contribution in [0.2, 0.25) is 0 Å². The lowest BCUT2D eigenvalue weighted by Crippen LogP contribution is -2.39. The molecule has 0 atom stereocenters. The van der Waals surface area contributed by atoms with Crippen molar-refractivity contribution < 1.29 is 4.74 Å². The van der Waals surface area contributed by atoms with E-state index in [-0.39, 0.29) is 5.75 Å². The van der Waals surface area contributed by atoms with Gasteiger partial charge in [-0.3, -0.25) is 10.2 Å². The van der Waals surface area contributed by atoms with Gasteiger partial charge in [-0.25, -0.2) is 4.79 Å². The minimum Gasteiger partial charge on any atom is -0.487 e. The average molecular weight is 247 g/mol. The van der Waals surface area contributed by atoms with Crippen LogP contribution in [0.4, 0.5) is 5.69 Å². The molecule has 2 aromatic rings. The fourth-order valence-electron chi connectivity index (χ4n) is 1.46. The molecule has 1 heterocycles. The Labute approximate surface area is 103 Å². The number of aromatic amines is 1. The van der Waals surface area contributed by atoms with Crippen molar-refractivity contribution in [2.75, 3.05) is 12.0 Å². The van der Waals surface area contributed by atoms with Gasteiger partial charge >= 0.3 is 11.2 Å². The SMILES string of the molecule is CCOc1c[nH]c(=O)n(Nc2ccccc2)c1=O. The molecule has 0 unspecified atom stereocenters. The second-order valence-electron chi connectivity index (χ2n) is 3.51. The summed E-state index contributed by atoms with van der Waals surface area (Å²) >= 11 is 0. The van der Waals surface area contributed by atoms with E-state index in [1.165, 1.54) is 6.20 Å². The summed E-state index contributed by atoms with van der Waals surface area (Å²) in [5.74, 6) is 0.0977. The molecule has 1 aromatic heterocycles. The van der Waals surface area contributed by atoms with Crippen LogP contribution < -0.4 is 21.4 Å². The Morgan fingerprint density at radius 3 is 2.67 bits per heavy atom. The Morgan fingerprint density at radius 1 is 1.28 bits per heavy atom. The van der Waals surface area contributed by atoms with E-state index in [0.29, 0.717) is 12.3 Å². The highest BCUT2D eigenvalue weighted by Crippen LogP contribution is 2.04. The molecule has 0 saturated carbocycles. The van der Waals surface area contributed by atoms with E-state index in [1.807, 2.05) is 6.07 Å². The fourth-order valence-corrected chi connectivity index (χ4v) is 1.46. The van der Waals surface area contributed by atoms with Gasteiger partial charge in [0.25, 0.3) is 0 Å². The summed E-state index contributed by atoms with van der Waals surface area (Å²) in [5, 5.41) is 0. The van der Waals surface area contributed by atoms with Gasteiger partial charge in [0.1, 0.15) is 0 Å². The van der Waals surface area contributed by atoms with Crippen LogP contribution in [-0.4, -0.2) is 16.3 Å². The summed E-state index contributed by atoms with van der Waals surface area (Å²) in [5.41, 5.74) is 2.28. The number of hydrogen-bond acceptors (Lipinski definition) is 4. The van der Waals surface area contributed by atoms with E-state index in [0.717, 1.165) is 4.68 Å². The number of para-hydroxylation sites is 1. The fraction of sp³-hybridized carbons (Fsp3) is 0.167. The molecular formula is C12H13N3O3. The van der Waals surface area contributed by atoms with E-state index in [1.54, 1.807) is 31.2 Å². The van der Waals surface area contributed by atoms with Gasteiger partial charge in [-0.05, 0) is 19.1 Å². The van der Waals surface area contributed by atoms with Gasteiger partial charge in [-0.15, -0.1) is 0 Å². The molecule has 0 aliphatic carbocycles. The van der Waals surface area contributed by atoms with Crippen LogP contribution in [0.3, 0.4) is 0 Å². The second-order valence-corrected chi connectivity index (χ2v) is 3.51. The molecule has 0 amide bonds. The van der Waals surface area contributed by atoms with Crippen molar-refractivity contribution in [1.82, 2.24) is 9.66 Å². The zero-order valence-electron chi connectivity index (χ0n) is 9.84. The molecule has 18 heavy (non-hydrogen) atoms. The maximum Gasteiger partial charge on any atom is 0.347 e. The molecule has 94 valence electrons. The lowest BCUT2D eigenvalue weighted by atomic mass is 10.3. The number of aromatic nitrogens is 2. The second kappa shape index (κ2) is 5.22. The summed E-state index contributed by atoms with van der Waals surface area (Å²) in [6.07, 6.45) is 1.26. The molecule has 0 fully saturated rings. The summed E-state index contributed by atoms with van der Waals surface area (Å²) in [7, 11) is 0. The van der Waals surface area contributed by atoms with Crippen molar-refractivity contribution in [3.8, 4) is 5.75 Å². The number of anilines is 1. The Kier molecular flexibility index (Phi) is 3.47. The minimum absolute atomic E-state index is 0.0977. The number of hydrogen-bond donors (Lipinski definition) is 2. The highest BCUT2D eigenvalue weighted by Gasteiger charge is 2.07. The van der Waals surface area contributed by atoms with E-state index in [4.69, 9.17) is 4.74 Å². The number of rotatable bonds is 4.